The summed E-state index contributed by atoms with van der Waals surface area (Å²) >= 11 is 0. The van der Waals surface area contributed by atoms with E-state index >= 15 is 0 Å². The van der Waals surface area contributed by atoms with E-state index in [9.17, 15) is 9.90 Å². The van der Waals surface area contributed by atoms with E-state index in [1.807, 2.05) is 59.9 Å². The first kappa shape index (κ1) is 40.1. The molecule has 0 spiro atoms. The molecule has 0 bridgehead atoms. The van der Waals surface area contributed by atoms with Gasteiger partial charge in [0.15, 0.2) is 29.2 Å². The molecule has 316 valence electrons. The van der Waals surface area contributed by atoms with E-state index < -0.39 is 6.23 Å². The van der Waals surface area contributed by atoms with Crippen molar-refractivity contribution in [2.75, 3.05) is 71.3 Å². The van der Waals surface area contributed by atoms with Crippen molar-refractivity contribution < 1.29 is 28.8 Å². The second-order valence-corrected chi connectivity index (χ2v) is 16.2. The van der Waals surface area contributed by atoms with Crippen molar-refractivity contribution >= 4 is 52.2 Å². The molecule has 5 aliphatic rings. The standard InChI is InChI=1S/C48H53N7O6/c1-52-14-16-53(17-15-52)36-12-10-31(11-13-36)33-21-37-27-50-41-25-45(43(58-2)23-39(41)47(56)54(37)29-33)60-18-5-4-6-19-61-46-26-42-40(24-44(46)59-3)48(57)55-30-34(22-38(55)28-51-42)32-8-7-9-35(49)20-32/h7-13,20,23-30,37-38,47,56H,4-6,14-19,21-22,49H2,1-3H3/t37-,38-,47?/m0/s1. The number of methoxy groups -OCH3 is 2. The SMILES string of the molecule is COc1cc2c(cc1OCCCCCOc1cc3c(cc1OC)C(O)N1C=C(c4ccc(N5CCN(C)CC5)cc4)C[C@H]1C=N3)N=C[C@@H]1CC(c3cccc(N)c3)=CN1C2=O. The van der Waals surface area contributed by atoms with Crippen molar-refractivity contribution in [3.8, 4) is 23.0 Å². The highest BCUT2D eigenvalue weighted by atomic mass is 16.5. The van der Waals surface area contributed by atoms with Crippen molar-refractivity contribution in [3.05, 3.63) is 107 Å². The fraction of sp³-hybridized carbons (Fsp3) is 0.354. The number of nitrogen functional groups attached to an aromatic ring is 1. The van der Waals surface area contributed by atoms with Gasteiger partial charge in [-0.2, -0.15) is 0 Å². The fourth-order valence-corrected chi connectivity index (χ4v) is 8.72. The predicted molar refractivity (Wildman–Crippen MR) is 240 cm³/mol. The van der Waals surface area contributed by atoms with Crippen LogP contribution in [0.25, 0.3) is 11.1 Å². The Balaban J connectivity index is 0.775. The summed E-state index contributed by atoms with van der Waals surface area (Å²) in [5.41, 5.74) is 14.7. The number of aliphatic hydroxyl groups excluding tert-OH is 1. The minimum absolute atomic E-state index is 0.0712. The predicted octanol–water partition coefficient (Wildman–Crippen LogP) is 7.46. The zero-order valence-corrected chi connectivity index (χ0v) is 35.0. The Labute approximate surface area is 357 Å². The van der Waals surface area contributed by atoms with Gasteiger partial charge in [0.1, 0.15) is 0 Å². The van der Waals surface area contributed by atoms with Crippen molar-refractivity contribution in [2.24, 2.45) is 9.98 Å². The summed E-state index contributed by atoms with van der Waals surface area (Å²) in [6.45, 7) is 5.14. The van der Waals surface area contributed by atoms with E-state index in [-0.39, 0.29) is 18.0 Å². The molecule has 4 aromatic rings. The lowest BCUT2D eigenvalue weighted by Crippen LogP contribution is -2.44. The van der Waals surface area contributed by atoms with Crippen molar-refractivity contribution in [1.29, 1.82) is 0 Å². The zero-order chi connectivity index (χ0) is 42.0. The van der Waals surface area contributed by atoms with Crippen molar-refractivity contribution in [2.45, 2.75) is 50.4 Å². The molecule has 0 aromatic heterocycles. The number of nitrogens with two attached hydrogens (primary N) is 1. The lowest BCUT2D eigenvalue weighted by Gasteiger charge is -2.34. The van der Waals surface area contributed by atoms with Gasteiger partial charge in [-0.25, -0.2) is 0 Å². The highest BCUT2D eigenvalue weighted by Gasteiger charge is 2.35. The van der Waals surface area contributed by atoms with Gasteiger partial charge in [-0.15, -0.1) is 0 Å². The van der Waals surface area contributed by atoms with Crippen LogP contribution in [0.3, 0.4) is 0 Å². The van der Waals surface area contributed by atoms with Gasteiger partial charge >= 0.3 is 0 Å². The number of aliphatic imine (C=N–C) groups is 2. The minimum atomic E-state index is -0.888. The van der Waals surface area contributed by atoms with E-state index in [0.29, 0.717) is 70.8 Å². The number of piperazine rings is 1. The average molecular weight is 824 g/mol. The number of carbonyl (C=O) groups is 1. The van der Waals surface area contributed by atoms with E-state index in [0.717, 1.165) is 68.6 Å². The molecular formula is C48H53N7O6. The largest absolute Gasteiger partial charge is 0.493 e. The zero-order valence-electron chi connectivity index (χ0n) is 35.0. The third-order valence-electron chi connectivity index (χ3n) is 12.3. The molecule has 3 N–H and O–H groups in total. The number of hydrogen-bond acceptors (Lipinski definition) is 12. The first-order valence-electron chi connectivity index (χ1n) is 21.1. The van der Waals surface area contributed by atoms with Crippen LogP contribution in [0.5, 0.6) is 23.0 Å². The first-order chi connectivity index (χ1) is 29.8. The molecule has 13 nitrogen and oxygen atoms in total. The summed E-state index contributed by atoms with van der Waals surface area (Å²) in [6.07, 6.45) is 10.7. The second-order valence-electron chi connectivity index (χ2n) is 16.2. The molecule has 4 aromatic carbocycles. The smallest absolute Gasteiger partial charge is 0.260 e. The van der Waals surface area contributed by atoms with Crippen LogP contribution in [-0.4, -0.2) is 111 Å². The Morgan fingerprint density at radius 1 is 0.721 bits per heavy atom. The molecule has 0 radical (unpaired) electrons. The van der Waals surface area contributed by atoms with Gasteiger partial charge in [0.25, 0.3) is 5.91 Å². The van der Waals surface area contributed by atoms with Gasteiger partial charge in [0.2, 0.25) is 0 Å². The number of rotatable bonds is 13. The molecule has 1 amide bonds. The van der Waals surface area contributed by atoms with Gasteiger partial charge in [0.05, 0.1) is 56.5 Å². The summed E-state index contributed by atoms with van der Waals surface area (Å²) in [7, 11) is 5.35. The molecule has 5 heterocycles. The second kappa shape index (κ2) is 17.3. The van der Waals surface area contributed by atoms with Gasteiger partial charge < -0.3 is 49.4 Å². The van der Waals surface area contributed by atoms with E-state index in [1.54, 1.807) is 31.3 Å². The number of likely N-dealkylation sites (N-methyl/N-ethyl adjacent to an activating group) is 1. The quantitative estimate of drug-likeness (QED) is 0.103. The number of carbonyl (C=O) groups excluding carboxylic acids is 1. The van der Waals surface area contributed by atoms with Crippen LogP contribution in [0.1, 0.15) is 65.4 Å². The van der Waals surface area contributed by atoms with Gasteiger partial charge in [-0.05, 0) is 91.4 Å². The van der Waals surface area contributed by atoms with Crippen LogP contribution in [0, 0.1) is 0 Å². The topological polar surface area (TPSA) is 138 Å². The molecule has 5 aliphatic heterocycles. The van der Waals surface area contributed by atoms with Gasteiger partial charge in [0, 0.05) is 86.5 Å². The van der Waals surface area contributed by atoms with E-state index in [1.165, 1.54) is 11.3 Å². The maximum absolute atomic E-state index is 13.7. The molecule has 0 saturated carbocycles. The Bertz CT molecular complexity index is 2400. The molecular weight excluding hydrogens is 771 g/mol. The number of aliphatic hydroxyl groups is 1. The van der Waals surface area contributed by atoms with E-state index in [4.69, 9.17) is 34.7 Å². The maximum Gasteiger partial charge on any atom is 0.260 e. The van der Waals surface area contributed by atoms with Gasteiger partial charge in [-0.3, -0.25) is 14.8 Å². The average Bonchev–Trinajstić information content (AvgIpc) is 3.86. The number of anilines is 2. The molecule has 1 unspecified atom stereocenters. The minimum Gasteiger partial charge on any atom is -0.493 e. The van der Waals surface area contributed by atoms with Crippen molar-refractivity contribution in [3.63, 3.8) is 0 Å². The third kappa shape index (κ3) is 8.27. The Hall–Kier alpha value is -6.31. The van der Waals surface area contributed by atoms with Crippen LogP contribution in [0.2, 0.25) is 0 Å². The number of unbranched alkanes of at least 4 members (excludes halogenated alkanes) is 2. The molecule has 61 heavy (non-hydrogen) atoms. The summed E-state index contributed by atoms with van der Waals surface area (Å²) < 4.78 is 23.8. The molecule has 13 heteroatoms. The lowest BCUT2D eigenvalue weighted by molar-refractivity contribution is 0.0336. The summed E-state index contributed by atoms with van der Waals surface area (Å²) in [5.74, 6) is 2.02. The highest BCUT2D eigenvalue weighted by molar-refractivity contribution is 6.05. The number of benzene rings is 4. The number of hydrogen-bond donors (Lipinski definition) is 2. The van der Waals surface area contributed by atoms with Gasteiger partial charge in [-0.1, -0.05) is 24.3 Å². The number of amides is 1. The fourth-order valence-electron chi connectivity index (χ4n) is 8.72. The van der Waals surface area contributed by atoms with Crippen molar-refractivity contribution in [1.82, 2.24) is 14.7 Å². The van der Waals surface area contributed by atoms with Crippen LogP contribution < -0.4 is 29.6 Å². The first-order valence-corrected chi connectivity index (χ1v) is 21.1. The summed E-state index contributed by atoms with van der Waals surface area (Å²) in [6, 6.07) is 23.4. The normalized spacial score (nSPS) is 20.6. The van der Waals surface area contributed by atoms with Crippen LogP contribution in [-0.2, 0) is 0 Å². The Morgan fingerprint density at radius 2 is 1.38 bits per heavy atom. The molecule has 3 atom stereocenters. The molecule has 9 rings (SSSR count). The number of nitrogens with zero attached hydrogens (tertiary/aromatic N) is 6. The monoisotopic (exact) mass is 823 g/mol. The lowest BCUT2D eigenvalue weighted by atomic mass is 10.0. The Kier molecular flexibility index (Phi) is 11.4. The maximum atomic E-state index is 13.7. The number of ether oxygens (including phenoxy) is 4. The van der Waals surface area contributed by atoms with Crippen LogP contribution in [0.15, 0.2) is 95.2 Å². The highest BCUT2D eigenvalue weighted by Crippen LogP contribution is 2.44. The van der Waals surface area contributed by atoms with E-state index in [2.05, 4.69) is 47.3 Å². The summed E-state index contributed by atoms with van der Waals surface area (Å²) in [5, 5.41) is 11.6. The molecule has 1 fully saturated rings. The molecule has 0 aliphatic carbocycles. The molecule has 1 saturated heterocycles. The van der Waals surface area contributed by atoms with Crippen LogP contribution in [0.4, 0.5) is 22.7 Å². The Morgan fingerprint density at radius 3 is 2.10 bits per heavy atom. The summed E-state index contributed by atoms with van der Waals surface area (Å²) in [4.78, 5) is 31.8. The van der Waals surface area contributed by atoms with Crippen LogP contribution >= 0.6 is 0 Å². The third-order valence-corrected chi connectivity index (χ3v) is 12.3. The number of fused-ring (bicyclic) bond motifs is 4.